The van der Waals surface area contributed by atoms with Gasteiger partial charge in [-0.3, -0.25) is 0 Å². The lowest BCUT2D eigenvalue weighted by atomic mass is 9.99. The minimum atomic E-state index is 0.901. The Hall–Kier alpha value is -8.14. The van der Waals surface area contributed by atoms with Gasteiger partial charge in [-0.15, -0.1) is 0 Å². The molecule has 12 rings (SSSR count). The van der Waals surface area contributed by atoms with E-state index in [-0.39, 0.29) is 0 Å². The third kappa shape index (κ3) is 5.90. The average molecular weight is 779 g/mol. The van der Waals surface area contributed by atoms with Crippen LogP contribution in [0.4, 0.5) is 17.1 Å². The Bertz CT molecular complexity index is 3520. The fraction of sp³-hybridized carbons (Fsp3) is 0. The van der Waals surface area contributed by atoms with E-state index < -0.39 is 0 Å². The monoisotopic (exact) mass is 778 g/mol. The van der Waals surface area contributed by atoms with Crippen molar-refractivity contribution in [3.05, 3.63) is 231 Å². The van der Waals surface area contributed by atoms with Gasteiger partial charge in [0, 0.05) is 49.7 Å². The summed E-state index contributed by atoms with van der Waals surface area (Å²) in [7, 11) is 0. The minimum Gasteiger partial charge on any atom is -0.455 e. The molecular formula is C58H38N2O. The summed E-state index contributed by atoms with van der Waals surface area (Å²) in [5.41, 5.74) is 15.3. The van der Waals surface area contributed by atoms with Gasteiger partial charge in [0.1, 0.15) is 11.2 Å². The lowest BCUT2D eigenvalue weighted by Crippen LogP contribution is -2.11. The second kappa shape index (κ2) is 14.3. The van der Waals surface area contributed by atoms with E-state index in [9.17, 15) is 0 Å². The van der Waals surface area contributed by atoms with Crippen molar-refractivity contribution >= 4 is 71.6 Å². The molecule has 0 spiro atoms. The van der Waals surface area contributed by atoms with Crippen LogP contribution in [0, 0.1) is 0 Å². The predicted octanol–water partition coefficient (Wildman–Crippen LogP) is 16.3. The molecule has 2 aromatic heterocycles. The Kier molecular flexibility index (Phi) is 8.17. The van der Waals surface area contributed by atoms with Gasteiger partial charge in [0.05, 0.1) is 16.7 Å². The largest absolute Gasteiger partial charge is 0.455 e. The fourth-order valence-electron chi connectivity index (χ4n) is 9.27. The first-order valence-electron chi connectivity index (χ1n) is 20.8. The van der Waals surface area contributed by atoms with E-state index in [2.05, 4.69) is 228 Å². The van der Waals surface area contributed by atoms with Crippen molar-refractivity contribution < 1.29 is 4.42 Å². The van der Waals surface area contributed by atoms with Gasteiger partial charge < -0.3 is 13.9 Å². The topological polar surface area (TPSA) is 21.3 Å². The molecule has 12 aromatic rings. The number of anilines is 3. The summed E-state index contributed by atoms with van der Waals surface area (Å²) in [5, 5.41) is 7.21. The average Bonchev–Trinajstić information content (AvgIpc) is 3.88. The second-order valence-electron chi connectivity index (χ2n) is 15.7. The zero-order valence-electron chi connectivity index (χ0n) is 33.2. The molecule has 0 saturated heterocycles. The summed E-state index contributed by atoms with van der Waals surface area (Å²) in [4.78, 5) is 2.38. The molecule has 3 nitrogen and oxygen atoms in total. The summed E-state index contributed by atoms with van der Waals surface area (Å²) >= 11 is 0. The summed E-state index contributed by atoms with van der Waals surface area (Å²) in [5.74, 6) is 0. The molecule has 0 unspecified atom stereocenters. The molecule has 2 heterocycles. The number of nitrogens with zero attached hydrogens (tertiary/aromatic N) is 2. The molecule has 0 aliphatic carbocycles. The van der Waals surface area contributed by atoms with Gasteiger partial charge in [-0.25, -0.2) is 0 Å². The first-order valence-corrected chi connectivity index (χ1v) is 20.8. The van der Waals surface area contributed by atoms with Gasteiger partial charge >= 0.3 is 0 Å². The number of benzene rings is 10. The third-order valence-corrected chi connectivity index (χ3v) is 12.2. The van der Waals surface area contributed by atoms with Crippen LogP contribution in [0.5, 0.6) is 0 Å². The van der Waals surface area contributed by atoms with E-state index in [1.165, 1.54) is 49.3 Å². The quantitative estimate of drug-likeness (QED) is 0.161. The lowest BCUT2D eigenvalue weighted by Gasteiger charge is -2.27. The maximum absolute atomic E-state index is 6.47. The number of fused-ring (bicyclic) bond motifs is 7. The summed E-state index contributed by atoms with van der Waals surface area (Å²) in [6.45, 7) is 0. The minimum absolute atomic E-state index is 0.901. The highest BCUT2D eigenvalue weighted by atomic mass is 16.3. The van der Waals surface area contributed by atoms with E-state index in [1.807, 2.05) is 12.1 Å². The standard InChI is InChI=1S/C58H38N2O/c1-2-14-41(15-3-1)48-36-35-47(38-56(48)60-54-22-9-6-17-50(54)51-18-7-10-23-55(51)60)59(45-31-27-40(28-32-45)44-26-25-39-13-4-5-16-43(39)37-44)46-33-29-42(30-34-46)49-20-12-21-53-52-19-8-11-24-57(52)61-58(49)53/h1-38H. The van der Waals surface area contributed by atoms with Crippen molar-refractivity contribution in [2.45, 2.75) is 0 Å². The van der Waals surface area contributed by atoms with Gasteiger partial charge in [0.2, 0.25) is 0 Å². The smallest absolute Gasteiger partial charge is 0.143 e. The highest BCUT2D eigenvalue weighted by molar-refractivity contribution is 6.11. The van der Waals surface area contributed by atoms with E-state index in [0.717, 1.165) is 61.4 Å². The number of furan rings is 1. The van der Waals surface area contributed by atoms with Gasteiger partial charge in [-0.1, -0.05) is 170 Å². The van der Waals surface area contributed by atoms with Gasteiger partial charge in [-0.05, 0) is 93.7 Å². The molecule has 0 aliphatic rings. The van der Waals surface area contributed by atoms with Crippen LogP contribution in [-0.4, -0.2) is 4.57 Å². The Morgan fingerprint density at radius 1 is 0.328 bits per heavy atom. The molecule has 0 radical (unpaired) electrons. The van der Waals surface area contributed by atoms with Crippen molar-refractivity contribution in [2.75, 3.05) is 4.90 Å². The zero-order chi connectivity index (χ0) is 40.3. The van der Waals surface area contributed by atoms with Crippen LogP contribution in [0.25, 0.3) is 93.6 Å². The summed E-state index contributed by atoms with van der Waals surface area (Å²) < 4.78 is 8.91. The third-order valence-electron chi connectivity index (χ3n) is 12.2. The van der Waals surface area contributed by atoms with Crippen LogP contribution >= 0.6 is 0 Å². The summed E-state index contributed by atoms with van der Waals surface area (Å²) in [6, 6.07) is 83.0. The lowest BCUT2D eigenvalue weighted by molar-refractivity contribution is 0.670. The molecule has 0 N–H and O–H groups in total. The predicted molar refractivity (Wildman–Crippen MR) is 257 cm³/mol. The number of aromatic nitrogens is 1. The highest BCUT2D eigenvalue weighted by Gasteiger charge is 2.20. The van der Waals surface area contributed by atoms with Gasteiger partial charge in [0.25, 0.3) is 0 Å². The number of rotatable bonds is 7. The first-order chi connectivity index (χ1) is 30.2. The fourth-order valence-corrected chi connectivity index (χ4v) is 9.27. The van der Waals surface area contributed by atoms with Crippen LogP contribution in [0.1, 0.15) is 0 Å². The van der Waals surface area contributed by atoms with Crippen LogP contribution in [0.3, 0.4) is 0 Å². The van der Waals surface area contributed by atoms with Crippen LogP contribution in [0.2, 0.25) is 0 Å². The molecule has 0 saturated carbocycles. The second-order valence-corrected chi connectivity index (χ2v) is 15.7. The van der Waals surface area contributed by atoms with Gasteiger partial charge in [-0.2, -0.15) is 0 Å². The van der Waals surface area contributed by atoms with E-state index in [4.69, 9.17) is 4.42 Å². The summed E-state index contributed by atoms with van der Waals surface area (Å²) in [6.07, 6.45) is 0. The molecule has 0 bridgehead atoms. The van der Waals surface area contributed by atoms with E-state index >= 15 is 0 Å². The van der Waals surface area contributed by atoms with Crippen molar-refractivity contribution in [3.8, 4) is 39.1 Å². The van der Waals surface area contributed by atoms with Crippen LogP contribution in [0.15, 0.2) is 235 Å². The van der Waals surface area contributed by atoms with Crippen molar-refractivity contribution in [2.24, 2.45) is 0 Å². The molecular weight excluding hydrogens is 741 g/mol. The molecule has 61 heavy (non-hydrogen) atoms. The highest BCUT2D eigenvalue weighted by Crippen LogP contribution is 2.43. The molecule has 0 atom stereocenters. The SMILES string of the molecule is c1ccc(-c2ccc(N(c3ccc(-c4ccc5ccccc5c4)cc3)c3ccc(-c4cccc5c4oc4ccccc45)cc3)cc2-n2c3ccccc3c3ccccc32)cc1. The van der Waals surface area contributed by atoms with E-state index in [1.54, 1.807) is 0 Å². The Balaban J connectivity index is 1.04. The van der Waals surface area contributed by atoms with Crippen molar-refractivity contribution in [3.63, 3.8) is 0 Å². The first kappa shape index (κ1) is 34.9. The normalized spacial score (nSPS) is 11.6. The zero-order valence-corrected chi connectivity index (χ0v) is 33.2. The van der Waals surface area contributed by atoms with Crippen LogP contribution < -0.4 is 4.90 Å². The molecule has 10 aromatic carbocycles. The molecule has 3 heteroatoms. The van der Waals surface area contributed by atoms with Crippen molar-refractivity contribution in [1.29, 1.82) is 0 Å². The Morgan fingerprint density at radius 2 is 0.885 bits per heavy atom. The maximum atomic E-state index is 6.47. The molecule has 0 fully saturated rings. The molecule has 286 valence electrons. The van der Waals surface area contributed by atoms with Gasteiger partial charge in [0.15, 0.2) is 0 Å². The van der Waals surface area contributed by atoms with Crippen LogP contribution in [-0.2, 0) is 0 Å². The van der Waals surface area contributed by atoms with Crippen molar-refractivity contribution in [1.82, 2.24) is 4.57 Å². The number of hydrogen-bond donors (Lipinski definition) is 0. The number of para-hydroxylation sites is 4. The van der Waals surface area contributed by atoms with E-state index in [0.29, 0.717) is 0 Å². The molecule has 0 aliphatic heterocycles. The Morgan fingerprint density at radius 3 is 1.62 bits per heavy atom. The maximum Gasteiger partial charge on any atom is 0.143 e. The Labute approximate surface area is 353 Å². The molecule has 0 amide bonds. The number of hydrogen-bond acceptors (Lipinski definition) is 2.